The monoisotopic (exact) mass is 196 g/mol. The second kappa shape index (κ2) is 3.72. The van der Waals surface area contributed by atoms with Crippen LogP contribution in [0, 0.1) is 11.6 Å². The summed E-state index contributed by atoms with van der Waals surface area (Å²) in [5.41, 5.74) is -1.60. The molecule has 0 saturated carbocycles. The van der Waals surface area contributed by atoms with Gasteiger partial charge in [0.2, 0.25) is 0 Å². The Kier molecular flexibility index (Phi) is 2.85. The van der Waals surface area contributed by atoms with Gasteiger partial charge in [-0.3, -0.25) is 0 Å². The third kappa shape index (κ3) is 1.96. The molecular weight excluding hydrogens is 191 g/mol. The molecule has 0 unspecified atom stereocenters. The Morgan fingerprint density at radius 1 is 1.08 bits per heavy atom. The number of rotatable bonds is 2. The van der Waals surface area contributed by atoms with E-state index in [1.165, 1.54) is 0 Å². The van der Waals surface area contributed by atoms with Crippen LogP contribution in [-0.4, -0.2) is 0 Å². The maximum absolute atomic E-state index is 12.7. The van der Waals surface area contributed by atoms with E-state index < -0.39 is 35.9 Å². The Morgan fingerprint density at radius 3 is 1.85 bits per heavy atom. The number of benzene rings is 1. The van der Waals surface area contributed by atoms with Gasteiger partial charge in [-0.05, 0) is 12.1 Å². The zero-order chi connectivity index (χ0) is 10.0. The average Bonchev–Trinajstić information content (AvgIpc) is 2.03. The Labute approximate surface area is 71.0 Å². The number of halogens is 5. The van der Waals surface area contributed by atoms with Crippen molar-refractivity contribution in [3.8, 4) is 0 Å². The van der Waals surface area contributed by atoms with Gasteiger partial charge in [-0.1, -0.05) is 0 Å². The summed E-state index contributed by atoms with van der Waals surface area (Å²) in [6.07, 6.45) is -2.96. The highest BCUT2D eigenvalue weighted by atomic mass is 19.3. The summed E-state index contributed by atoms with van der Waals surface area (Å²) >= 11 is 0. The molecule has 1 rings (SSSR count). The fourth-order valence-corrected chi connectivity index (χ4v) is 0.876. The summed E-state index contributed by atoms with van der Waals surface area (Å²) in [6, 6.07) is 0.866. The second-order valence-electron chi connectivity index (χ2n) is 2.40. The summed E-state index contributed by atoms with van der Waals surface area (Å²) in [6.45, 7) is -1.35. The molecule has 0 radical (unpaired) electrons. The first kappa shape index (κ1) is 9.95. The van der Waals surface area contributed by atoms with Crippen molar-refractivity contribution in [1.29, 1.82) is 0 Å². The van der Waals surface area contributed by atoms with E-state index in [1.54, 1.807) is 0 Å². The first-order valence-electron chi connectivity index (χ1n) is 3.38. The lowest BCUT2D eigenvalue weighted by Crippen LogP contribution is -1.96. The van der Waals surface area contributed by atoms with Gasteiger partial charge < -0.3 is 0 Å². The summed E-state index contributed by atoms with van der Waals surface area (Å²) in [7, 11) is 0. The molecule has 0 heterocycles. The lowest BCUT2D eigenvalue weighted by molar-refractivity contribution is 0.150. The molecule has 0 spiro atoms. The van der Waals surface area contributed by atoms with Crippen molar-refractivity contribution < 1.29 is 22.0 Å². The van der Waals surface area contributed by atoms with E-state index in [-0.39, 0.29) is 0 Å². The Hall–Kier alpha value is -1.13. The first-order chi connectivity index (χ1) is 6.06. The van der Waals surface area contributed by atoms with E-state index in [4.69, 9.17) is 0 Å². The van der Waals surface area contributed by atoms with Gasteiger partial charge in [-0.25, -0.2) is 22.0 Å². The summed E-state index contributed by atoms with van der Waals surface area (Å²) in [5, 5.41) is 0. The van der Waals surface area contributed by atoms with E-state index in [1.807, 2.05) is 0 Å². The number of alkyl halides is 3. The highest BCUT2D eigenvalue weighted by molar-refractivity contribution is 5.26. The predicted molar refractivity (Wildman–Crippen MR) is 36.1 cm³/mol. The van der Waals surface area contributed by atoms with Crippen molar-refractivity contribution >= 4 is 0 Å². The Morgan fingerprint density at radius 2 is 1.54 bits per heavy atom. The lowest BCUT2D eigenvalue weighted by Gasteiger charge is -2.03. The van der Waals surface area contributed by atoms with E-state index in [2.05, 4.69) is 0 Å². The topological polar surface area (TPSA) is 0 Å². The van der Waals surface area contributed by atoms with Crippen LogP contribution in [0.1, 0.15) is 17.6 Å². The molecule has 72 valence electrons. The van der Waals surface area contributed by atoms with Crippen LogP contribution in [-0.2, 0) is 6.67 Å². The molecule has 1 aromatic carbocycles. The largest absolute Gasteiger partial charge is 0.264 e. The summed E-state index contributed by atoms with van der Waals surface area (Å²) < 4.78 is 61.1. The SMILES string of the molecule is FCc1c(F)cc(C(F)F)cc1F. The molecule has 13 heavy (non-hydrogen) atoms. The normalized spacial score (nSPS) is 10.9. The van der Waals surface area contributed by atoms with Crippen LogP contribution in [0.25, 0.3) is 0 Å². The third-order valence-corrected chi connectivity index (χ3v) is 1.55. The van der Waals surface area contributed by atoms with E-state index in [9.17, 15) is 22.0 Å². The maximum Gasteiger partial charge on any atom is 0.264 e. The van der Waals surface area contributed by atoms with Crippen molar-refractivity contribution in [2.75, 3.05) is 0 Å². The minimum atomic E-state index is -2.96. The van der Waals surface area contributed by atoms with Crippen molar-refractivity contribution in [3.05, 3.63) is 34.9 Å². The van der Waals surface area contributed by atoms with Crippen LogP contribution in [0.15, 0.2) is 12.1 Å². The molecule has 5 heteroatoms. The van der Waals surface area contributed by atoms with Crippen LogP contribution in [0.4, 0.5) is 22.0 Å². The summed E-state index contributed by atoms with van der Waals surface area (Å²) in [4.78, 5) is 0. The van der Waals surface area contributed by atoms with Gasteiger partial charge in [-0.2, -0.15) is 0 Å². The van der Waals surface area contributed by atoms with Crippen molar-refractivity contribution in [1.82, 2.24) is 0 Å². The number of hydrogen-bond acceptors (Lipinski definition) is 0. The number of hydrogen-bond donors (Lipinski definition) is 0. The Balaban J connectivity index is 3.20. The standard InChI is InChI=1S/C8H5F5/c9-3-5-6(10)1-4(8(12)13)2-7(5)11/h1-2,8H,3H2. The summed E-state index contributed by atoms with van der Waals surface area (Å²) in [5.74, 6) is -2.56. The molecular formula is C8H5F5. The van der Waals surface area contributed by atoms with Gasteiger partial charge >= 0.3 is 0 Å². The Bertz CT molecular complexity index is 284. The fourth-order valence-electron chi connectivity index (χ4n) is 0.876. The minimum Gasteiger partial charge on any atom is -0.246 e. The first-order valence-corrected chi connectivity index (χ1v) is 3.38. The average molecular weight is 196 g/mol. The van der Waals surface area contributed by atoms with Crippen molar-refractivity contribution in [2.24, 2.45) is 0 Å². The quantitative estimate of drug-likeness (QED) is 0.636. The van der Waals surface area contributed by atoms with Crippen LogP contribution < -0.4 is 0 Å². The molecule has 1 aromatic rings. The molecule has 0 aromatic heterocycles. The smallest absolute Gasteiger partial charge is 0.246 e. The van der Waals surface area contributed by atoms with Gasteiger partial charge in [0.15, 0.2) is 0 Å². The van der Waals surface area contributed by atoms with E-state index in [0.29, 0.717) is 12.1 Å². The zero-order valence-corrected chi connectivity index (χ0v) is 6.33. The molecule has 0 aliphatic carbocycles. The van der Waals surface area contributed by atoms with Crippen molar-refractivity contribution in [3.63, 3.8) is 0 Å². The maximum atomic E-state index is 12.7. The molecule has 0 N–H and O–H groups in total. The van der Waals surface area contributed by atoms with E-state index in [0.717, 1.165) is 0 Å². The molecule has 0 aliphatic rings. The second-order valence-corrected chi connectivity index (χ2v) is 2.40. The van der Waals surface area contributed by atoms with Gasteiger partial charge in [0, 0.05) is 5.56 Å². The molecule has 0 aliphatic heterocycles. The van der Waals surface area contributed by atoms with Gasteiger partial charge in [0.25, 0.3) is 6.43 Å². The van der Waals surface area contributed by atoms with Crippen LogP contribution >= 0.6 is 0 Å². The van der Waals surface area contributed by atoms with Crippen LogP contribution in [0.5, 0.6) is 0 Å². The predicted octanol–water partition coefficient (Wildman–Crippen LogP) is 3.37. The van der Waals surface area contributed by atoms with Gasteiger partial charge in [0.1, 0.15) is 18.3 Å². The molecule has 0 saturated heterocycles. The lowest BCUT2D eigenvalue weighted by atomic mass is 10.1. The fraction of sp³-hybridized carbons (Fsp3) is 0.250. The third-order valence-electron chi connectivity index (χ3n) is 1.55. The van der Waals surface area contributed by atoms with Crippen molar-refractivity contribution in [2.45, 2.75) is 13.1 Å². The zero-order valence-electron chi connectivity index (χ0n) is 6.33. The highest BCUT2D eigenvalue weighted by Gasteiger charge is 2.15. The molecule has 0 bridgehead atoms. The molecule has 0 fully saturated rings. The highest BCUT2D eigenvalue weighted by Crippen LogP contribution is 2.23. The molecule has 0 nitrogen and oxygen atoms in total. The van der Waals surface area contributed by atoms with Gasteiger partial charge in [-0.15, -0.1) is 0 Å². The van der Waals surface area contributed by atoms with Gasteiger partial charge in [0.05, 0.1) is 5.56 Å². The van der Waals surface area contributed by atoms with Crippen LogP contribution in [0.2, 0.25) is 0 Å². The minimum absolute atomic E-state index is 0.433. The molecule has 0 amide bonds. The van der Waals surface area contributed by atoms with E-state index >= 15 is 0 Å². The molecule has 0 atom stereocenters. The van der Waals surface area contributed by atoms with Crippen LogP contribution in [0.3, 0.4) is 0 Å².